The average Bonchev–Trinajstić information content (AvgIpc) is 3.01. The molecule has 0 saturated heterocycles. The van der Waals surface area contributed by atoms with Gasteiger partial charge in [-0.05, 0) is 42.5 Å². The molecule has 0 spiro atoms. The van der Waals surface area contributed by atoms with E-state index in [2.05, 4.69) is 15.0 Å². The van der Waals surface area contributed by atoms with Crippen LogP contribution in [0.15, 0.2) is 48.8 Å². The molecular formula is C19H11Cl3N4O. The van der Waals surface area contributed by atoms with Crippen molar-refractivity contribution in [3.05, 3.63) is 69.6 Å². The lowest BCUT2D eigenvalue weighted by atomic mass is 10.2. The maximum Gasteiger partial charge on any atom is 0.180 e. The molecular weight excluding hydrogens is 407 g/mol. The van der Waals surface area contributed by atoms with Crippen LogP contribution in [0.5, 0.6) is 0 Å². The first-order valence-corrected chi connectivity index (χ1v) is 9.05. The Kier molecular flexibility index (Phi) is 4.60. The Hall–Kier alpha value is -2.47. The number of carbonyl (C=O) groups excluding carboxylic acids is 1. The summed E-state index contributed by atoms with van der Waals surface area (Å²) in [6.07, 6.45) is 1.35. The largest absolute Gasteiger partial charge is 0.293 e. The normalized spacial score (nSPS) is 11.1. The van der Waals surface area contributed by atoms with E-state index in [-0.39, 0.29) is 11.5 Å². The molecule has 5 nitrogen and oxygen atoms in total. The van der Waals surface area contributed by atoms with Gasteiger partial charge < -0.3 is 0 Å². The molecule has 8 heteroatoms. The quantitative estimate of drug-likeness (QED) is 0.404. The molecule has 4 aromatic rings. The number of ketones is 1. The predicted octanol–water partition coefficient (Wildman–Crippen LogP) is 5.65. The topological polar surface area (TPSA) is 60.7 Å². The van der Waals surface area contributed by atoms with Gasteiger partial charge >= 0.3 is 0 Å². The van der Waals surface area contributed by atoms with E-state index >= 15 is 0 Å². The minimum atomic E-state index is -0.197. The van der Waals surface area contributed by atoms with Gasteiger partial charge in [0.05, 0.1) is 5.02 Å². The second-order valence-electron chi connectivity index (χ2n) is 5.82. The smallest absolute Gasteiger partial charge is 0.180 e. The van der Waals surface area contributed by atoms with Crippen molar-refractivity contribution in [3.8, 4) is 17.1 Å². The lowest BCUT2D eigenvalue weighted by molar-refractivity contribution is 0.101. The summed E-state index contributed by atoms with van der Waals surface area (Å²) in [5.41, 5.74) is 2.58. The van der Waals surface area contributed by atoms with Gasteiger partial charge in [0.1, 0.15) is 23.4 Å². The van der Waals surface area contributed by atoms with Gasteiger partial charge in [0.15, 0.2) is 11.4 Å². The molecule has 0 amide bonds. The van der Waals surface area contributed by atoms with Gasteiger partial charge in [0, 0.05) is 28.2 Å². The van der Waals surface area contributed by atoms with Crippen LogP contribution < -0.4 is 0 Å². The van der Waals surface area contributed by atoms with Crippen LogP contribution in [-0.2, 0) is 0 Å². The summed E-state index contributed by atoms with van der Waals surface area (Å²) in [4.78, 5) is 25.1. The Morgan fingerprint density at radius 1 is 0.963 bits per heavy atom. The Morgan fingerprint density at radius 3 is 2.33 bits per heavy atom. The van der Waals surface area contributed by atoms with Crippen LogP contribution in [-0.4, -0.2) is 25.3 Å². The monoisotopic (exact) mass is 416 g/mol. The molecule has 0 aliphatic carbocycles. The van der Waals surface area contributed by atoms with Gasteiger partial charge in [-0.25, -0.2) is 15.0 Å². The van der Waals surface area contributed by atoms with Crippen molar-refractivity contribution >= 4 is 51.7 Å². The number of benzene rings is 2. The molecule has 0 N–H and O–H groups in total. The third-order valence-corrected chi connectivity index (χ3v) is 4.83. The average molecular weight is 418 g/mol. The highest BCUT2D eigenvalue weighted by Gasteiger charge is 2.21. The van der Waals surface area contributed by atoms with Crippen molar-refractivity contribution in [1.82, 2.24) is 19.5 Å². The molecule has 0 aliphatic heterocycles. The summed E-state index contributed by atoms with van der Waals surface area (Å²) in [5, 5.41) is 1.56. The van der Waals surface area contributed by atoms with Crippen LogP contribution in [0.3, 0.4) is 0 Å². The van der Waals surface area contributed by atoms with E-state index in [1.54, 1.807) is 30.3 Å². The van der Waals surface area contributed by atoms with E-state index in [0.29, 0.717) is 37.6 Å². The highest BCUT2D eigenvalue weighted by molar-refractivity contribution is 6.36. The summed E-state index contributed by atoms with van der Waals surface area (Å²) in [6.45, 7) is 1.44. The zero-order valence-electron chi connectivity index (χ0n) is 13.9. The summed E-state index contributed by atoms with van der Waals surface area (Å²) in [7, 11) is 0. The molecule has 0 atom stereocenters. The zero-order valence-corrected chi connectivity index (χ0v) is 16.2. The van der Waals surface area contributed by atoms with E-state index < -0.39 is 0 Å². The van der Waals surface area contributed by atoms with E-state index in [4.69, 9.17) is 34.8 Å². The van der Waals surface area contributed by atoms with Crippen LogP contribution >= 0.6 is 34.8 Å². The van der Waals surface area contributed by atoms with E-state index in [1.165, 1.54) is 13.3 Å². The molecule has 0 unspecified atom stereocenters. The van der Waals surface area contributed by atoms with Crippen molar-refractivity contribution in [2.45, 2.75) is 6.92 Å². The van der Waals surface area contributed by atoms with Gasteiger partial charge in [-0.15, -0.1) is 0 Å². The third-order valence-electron chi connectivity index (χ3n) is 4.03. The number of halogens is 3. The van der Waals surface area contributed by atoms with Crippen molar-refractivity contribution < 1.29 is 4.79 Å². The Balaban J connectivity index is 2.10. The lowest BCUT2D eigenvalue weighted by Crippen LogP contribution is -2.01. The second-order valence-corrected chi connectivity index (χ2v) is 7.10. The first-order chi connectivity index (χ1) is 13.0. The Labute approximate surface area is 169 Å². The highest BCUT2D eigenvalue weighted by Crippen LogP contribution is 2.34. The first-order valence-electron chi connectivity index (χ1n) is 7.91. The standard InChI is InChI=1S/C19H11Cl3N4O/c1-10(27)16-17-19(24-9-23-16)26(13-5-2-11(20)3-6-13)18(25-17)14-7-4-12(21)8-15(14)22/h2-9H,1H3. The fourth-order valence-electron chi connectivity index (χ4n) is 2.84. The van der Waals surface area contributed by atoms with E-state index in [0.717, 1.165) is 5.69 Å². The number of imidazole rings is 1. The maximum absolute atomic E-state index is 12.0. The minimum absolute atomic E-state index is 0.197. The maximum atomic E-state index is 12.0. The molecule has 0 fully saturated rings. The first kappa shape index (κ1) is 17.9. The summed E-state index contributed by atoms with van der Waals surface area (Å²) in [6, 6.07) is 12.4. The van der Waals surface area contributed by atoms with Crippen LogP contribution in [0.1, 0.15) is 17.4 Å². The highest BCUT2D eigenvalue weighted by atomic mass is 35.5. The molecule has 0 bridgehead atoms. The molecule has 27 heavy (non-hydrogen) atoms. The van der Waals surface area contributed by atoms with Gasteiger partial charge in [0.25, 0.3) is 0 Å². The number of hydrogen-bond donors (Lipinski definition) is 0. The van der Waals surface area contributed by atoms with Crippen LogP contribution in [0.4, 0.5) is 0 Å². The second kappa shape index (κ2) is 6.93. The number of nitrogens with zero attached hydrogens (tertiary/aromatic N) is 4. The SMILES string of the molecule is CC(=O)c1ncnc2c1nc(-c1ccc(Cl)cc1Cl)n2-c1ccc(Cl)cc1. The summed E-state index contributed by atoms with van der Waals surface area (Å²) in [5.74, 6) is 0.328. The van der Waals surface area contributed by atoms with Crippen LogP contribution in [0.25, 0.3) is 28.2 Å². The summed E-state index contributed by atoms with van der Waals surface area (Å²) >= 11 is 18.5. The van der Waals surface area contributed by atoms with Crippen molar-refractivity contribution in [1.29, 1.82) is 0 Å². The van der Waals surface area contributed by atoms with Crippen molar-refractivity contribution in [2.75, 3.05) is 0 Å². The number of hydrogen-bond acceptors (Lipinski definition) is 4. The molecule has 2 aromatic heterocycles. The van der Waals surface area contributed by atoms with Gasteiger partial charge in [-0.2, -0.15) is 0 Å². The molecule has 0 radical (unpaired) electrons. The van der Waals surface area contributed by atoms with Crippen LogP contribution in [0, 0.1) is 0 Å². The number of rotatable bonds is 3. The fraction of sp³-hybridized carbons (Fsp3) is 0.0526. The molecule has 0 saturated carbocycles. The number of carbonyl (C=O) groups is 1. The van der Waals surface area contributed by atoms with Gasteiger partial charge in [-0.3, -0.25) is 9.36 Å². The third kappa shape index (κ3) is 3.18. The van der Waals surface area contributed by atoms with E-state index in [9.17, 15) is 4.79 Å². The molecule has 134 valence electrons. The van der Waals surface area contributed by atoms with Crippen LogP contribution in [0.2, 0.25) is 15.1 Å². The Morgan fingerprint density at radius 2 is 1.67 bits per heavy atom. The van der Waals surface area contributed by atoms with Gasteiger partial charge in [-0.1, -0.05) is 34.8 Å². The molecule has 2 heterocycles. The summed E-state index contributed by atoms with van der Waals surface area (Å²) < 4.78 is 1.81. The Bertz CT molecular complexity index is 1190. The van der Waals surface area contributed by atoms with Crippen molar-refractivity contribution in [3.63, 3.8) is 0 Å². The van der Waals surface area contributed by atoms with Crippen molar-refractivity contribution in [2.24, 2.45) is 0 Å². The number of Topliss-reactive ketones (excluding diaryl/α,β-unsaturated/α-hetero) is 1. The van der Waals surface area contributed by atoms with E-state index in [1.807, 2.05) is 16.7 Å². The molecule has 4 rings (SSSR count). The lowest BCUT2D eigenvalue weighted by Gasteiger charge is -2.10. The fourth-order valence-corrected chi connectivity index (χ4v) is 3.46. The minimum Gasteiger partial charge on any atom is -0.293 e. The molecule has 2 aromatic carbocycles. The van der Waals surface area contributed by atoms with Gasteiger partial charge in [0.2, 0.25) is 0 Å². The predicted molar refractivity (Wildman–Crippen MR) is 107 cm³/mol. The zero-order chi connectivity index (χ0) is 19.1. The molecule has 0 aliphatic rings. The number of fused-ring (bicyclic) bond motifs is 1. The number of aromatic nitrogens is 4.